The molecule has 73 heavy (non-hydrogen) atoms. The smallest absolute Gasteiger partial charge is 0.870 e. The van der Waals surface area contributed by atoms with Gasteiger partial charge in [-0.2, -0.15) is 0 Å². The zero-order valence-corrected chi connectivity index (χ0v) is 39.3. The summed E-state index contributed by atoms with van der Waals surface area (Å²) >= 11 is 0. The third-order valence-electron chi connectivity index (χ3n) is 10.2. The molecule has 0 spiro atoms. The molecule has 0 aliphatic carbocycles. The molecule has 0 unspecified atom stereocenters. The minimum atomic E-state index is -1.20. The van der Waals surface area contributed by atoms with Crippen LogP contribution < -0.4 is 35.2 Å². The van der Waals surface area contributed by atoms with Gasteiger partial charge in [0, 0.05) is 29.7 Å². The first kappa shape index (κ1) is 58.4. The van der Waals surface area contributed by atoms with Gasteiger partial charge in [0.2, 0.25) is 0 Å². The number of Topliss-reactive ketones (excluding diaryl/α,β-unsaturated/α-hetero) is 2. The summed E-state index contributed by atoms with van der Waals surface area (Å²) in [6.45, 7) is 8.56. The molecule has 0 aliphatic rings. The Balaban J connectivity index is 0.000000265. The molecule has 18 nitrogen and oxygen atoms in total. The van der Waals surface area contributed by atoms with E-state index in [1.807, 2.05) is 57.2 Å². The molecule has 0 saturated carbocycles. The maximum absolute atomic E-state index is 13.9. The SMILES string of the molecule is C.CC(=O)c1ccc(F)c(N)c1.CC(=O)c1ccc(F)c(NC(=O)c2cnc3cc(C)ccn23)c1.Cc1ccn2c(C(=O)Nc3cc(C(=O)O)ccc3F)cnc2c1.Cc1ccn2c(C(=O)O)cnc2c1.[Li+].[OH-]. The van der Waals surface area contributed by atoms with Crippen LogP contribution in [0.15, 0.2) is 128 Å². The number of hydrogen-bond acceptors (Lipinski definition) is 11. The van der Waals surface area contributed by atoms with E-state index in [9.17, 15) is 41.9 Å². The Hall–Kier alpha value is -8.90. The predicted octanol–water partition coefficient (Wildman–Crippen LogP) is 6.38. The van der Waals surface area contributed by atoms with Crippen LogP contribution in [0, 0.1) is 38.2 Å². The molecule has 6 aromatic heterocycles. The second kappa shape index (κ2) is 25.3. The molecule has 22 heteroatoms. The summed E-state index contributed by atoms with van der Waals surface area (Å²) < 4.78 is 44.9. The van der Waals surface area contributed by atoms with Crippen LogP contribution in [-0.4, -0.2) is 79.2 Å². The Morgan fingerprint density at radius 2 is 0.849 bits per heavy atom. The first-order valence-corrected chi connectivity index (χ1v) is 20.8. The summed E-state index contributed by atoms with van der Waals surface area (Å²) in [5.41, 5.74) is 11.3. The van der Waals surface area contributed by atoms with Gasteiger partial charge in [-0.25, -0.2) is 37.7 Å². The van der Waals surface area contributed by atoms with Gasteiger partial charge in [0.05, 0.1) is 41.2 Å². The quantitative estimate of drug-likeness (QED) is 0.0629. The summed E-state index contributed by atoms with van der Waals surface area (Å²) in [5, 5.41) is 22.6. The monoisotopic (exact) mass is 993 g/mol. The molecule has 9 aromatic rings. The fourth-order valence-corrected chi connectivity index (χ4v) is 6.47. The van der Waals surface area contributed by atoms with Crippen molar-refractivity contribution >= 4 is 69.3 Å². The number of imidazole rings is 3. The zero-order valence-electron chi connectivity index (χ0n) is 39.3. The van der Waals surface area contributed by atoms with Crippen molar-refractivity contribution in [2.45, 2.75) is 42.0 Å². The van der Waals surface area contributed by atoms with Gasteiger partial charge in [-0.15, -0.1) is 0 Å². The Morgan fingerprint density at radius 1 is 0.507 bits per heavy atom. The average Bonchev–Trinajstić information content (AvgIpc) is 4.06. The number of aryl methyl sites for hydroxylation is 3. The number of hydrogen-bond donors (Lipinski definition) is 5. The van der Waals surface area contributed by atoms with E-state index < -0.39 is 41.2 Å². The number of anilines is 3. The largest absolute Gasteiger partial charge is 1.00 e. The summed E-state index contributed by atoms with van der Waals surface area (Å²) in [5.74, 6) is -5.37. The van der Waals surface area contributed by atoms with E-state index in [0.717, 1.165) is 41.0 Å². The molecule has 372 valence electrons. The summed E-state index contributed by atoms with van der Waals surface area (Å²) in [7, 11) is 0. The number of fused-ring (bicyclic) bond motifs is 3. The van der Waals surface area contributed by atoms with Crippen LogP contribution in [0.5, 0.6) is 0 Å². The third-order valence-corrected chi connectivity index (χ3v) is 10.2. The summed E-state index contributed by atoms with van der Waals surface area (Å²) in [4.78, 5) is 80.7. The van der Waals surface area contributed by atoms with Gasteiger partial charge < -0.3 is 32.1 Å². The Bertz CT molecular complexity index is 3370. The molecule has 0 fully saturated rings. The van der Waals surface area contributed by atoms with Gasteiger partial charge >= 0.3 is 30.8 Å². The van der Waals surface area contributed by atoms with Crippen LogP contribution >= 0.6 is 0 Å². The minimum Gasteiger partial charge on any atom is -0.870 e. The molecule has 0 aliphatic heterocycles. The van der Waals surface area contributed by atoms with E-state index in [-0.39, 0.29) is 83.0 Å². The molecule has 3 aromatic carbocycles. The fourth-order valence-electron chi connectivity index (χ4n) is 6.47. The number of aromatic nitrogens is 6. The van der Waals surface area contributed by atoms with Crippen LogP contribution in [0.1, 0.15) is 101 Å². The number of nitrogens with two attached hydrogens (primary N) is 1. The maximum atomic E-state index is 13.9. The standard InChI is InChI=1S/C17H14FN3O2.C16H12FN3O3.C9H8N2O2.C8H8FNO.CH4.Li.H2O/c1-10-5-6-21-15(9-19-16(21)7-10)17(23)20-14-8-12(11(2)22)3-4-13(14)18;1-9-4-5-20-13(8-18-14(20)6-9)15(21)19-12-7-10(16(22)23)2-3-11(12)17;1-6-2-3-11-7(9(12)13)5-10-8(11)4-6;1-5(11)6-2-3-7(9)8(10)4-6;;;/h3-9H,1-2H3,(H,20,23);2-8H,1H3,(H,19,21)(H,22,23);2-5H,1H3,(H,12,13);2-4H,10H2,1H3;1H4;;1H2/q;;;;;+1;/p-1. The van der Waals surface area contributed by atoms with Crippen LogP contribution in [0.25, 0.3) is 16.9 Å². The van der Waals surface area contributed by atoms with Gasteiger partial charge in [0.15, 0.2) is 17.3 Å². The second-order valence-electron chi connectivity index (χ2n) is 15.5. The zero-order chi connectivity index (χ0) is 51.0. The first-order chi connectivity index (χ1) is 33.2. The molecule has 0 saturated heterocycles. The van der Waals surface area contributed by atoms with Crippen LogP contribution in [0.3, 0.4) is 0 Å². The van der Waals surface area contributed by atoms with Crippen LogP contribution in [0.4, 0.5) is 30.2 Å². The van der Waals surface area contributed by atoms with Crippen molar-refractivity contribution in [3.8, 4) is 0 Å². The molecule has 9 rings (SSSR count). The predicted molar refractivity (Wildman–Crippen MR) is 262 cm³/mol. The topological polar surface area (TPSA) is 275 Å². The molecule has 0 atom stereocenters. The van der Waals surface area contributed by atoms with Crippen LogP contribution in [-0.2, 0) is 0 Å². The normalized spacial score (nSPS) is 10.1. The number of ketones is 2. The van der Waals surface area contributed by atoms with Gasteiger partial charge in [0.25, 0.3) is 11.8 Å². The third kappa shape index (κ3) is 14.4. The van der Waals surface area contributed by atoms with Crippen molar-refractivity contribution in [1.82, 2.24) is 28.2 Å². The van der Waals surface area contributed by atoms with Crippen molar-refractivity contribution in [2.24, 2.45) is 0 Å². The molecule has 6 heterocycles. The number of rotatable bonds is 8. The Labute approximate surface area is 426 Å². The minimum absolute atomic E-state index is 0. The summed E-state index contributed by atoms with van der Waals surface area (Å²) in [6, 6.07) is 22.0. The van der Waals surface area contributed by atoms with Crippen molar-refractivity contribution in [3.63, 3.8) is 0 Å². The molecule has 2 amide bonds. The number of carboxylic acid groups (broad SMARTS) is 2. The Morgan fingerprint density at radius 3 is 1.22 bits per heavy atom. The Kier molecular flexibility index (Phi) is 20.2. The number of carbonyl (C=O) groups excluding carboxylic acids is 4. The number of nitrogens with one attached hydrogen (secondary N) is 2. The molecular weight excluding hydrogens is 947 g/mol. The average molecular weight is 994 g/mol. The van der Waals surface area contributed by atoms with E-state index in [1.165, 1.54) is 62.8 Å². The summed E-state index contributed by atoms with van der Waals surface area (Å²) in [6.07, 6.45) is 9.30. The van der Waals surface area contributed by atoms with E-state index in [4.69, 9.17) is 15.9 Å². The van der Waals surface area contributed by atoms with Crippen molar-refractivity contribution in [2.75, 3.05) is 16.4 Å². The second-order valence-corrected chi connectivity index (χ2v) is 15.5. The molecule has 0 radical (unpaired) electrons. The number of halogens is 3. The van der Waals surface area contributed by atoms with E-state index >= 15 is 0 Å². The van der Waals surface area contributed by atoms with E-state index in [0.29, 0.717) is 28.1 Å². The van der Waals surface area contributed by atoms with Crippen molar-refractivity contribution in [3.05, 3.63) is 196 Å². The number of carbonyl (C=O) groups is 6. The van der Waals surface area contributed by atoms with Crippen LogP contribution in [0.2, 0.25) is 0 Å². The number of pyridine rings is 3. The molecule has 0 bridgehead atoms. The van der Waals surface area contributed by atoms with E-state index in [2.05, 4.69) is 25.6 Å². The van der Waals surface area contributed by atoms with Crippen molar-refractivity contribution < 1.29 is 76.5 Å². The number of amides is 2. The number of nitrogen functional groups attached to an aromatic ring is 1. The van der Waals surface area contributed by atoms with Gasteiger partial charge in [-0.05, 0) is 142 Å². The van der Waals surface area contributed by atoms with Gasteiger partial charge in [0.1, 0.15) is 45.8 Å². The number of carboxylic acids is 2. The van der Waals surface area contributed by atoms with Crippen molar-refractivity contribution in [1.29, 1.82) is 0 Å². The number of nitrogens with zero attached hydrogens (tertiary/aromatic N) is 6. The molecule has 7 N–H and O–H groups in total. The fraction of sp³-hybridized carbons (Fsp3) is 0.118. The first-order valence-electron chi connectivity index (χ1n) is 20.8. The van der Waals surface area contributed by atoms with Gasteiger partial charge in [-0.3, -0.25) is 32.4 Å². The number of benzene rings is 3. The number of aromatic carboxylic acids is 2. The maximum Gasteiger partial charge on any atom is 1.00 e. The van der Waals surface area contributed by atoms with Gasteiger partial charge in [-0.1, -0.05) is 7.43 Å². The molecular formula is C51H47F3LiN9O9. The van der Waals surface area contributed by atoms with E-state index in [1.54, 1.807) is 31.8 Å².